The SMILES string of the molecule is Cc1ccc(NCC(C)(C)c2ccccc2)nn1. The molecule has 94 valence electrons. The van der Waals surface area contributed by atoms with Gasteiger partial charge in [-0.25, -0.2) is 0 Å². The second-order valence-electron chi connectivity index (χ2n) is 5.16. The highest BCUT2D eigenvalue weighted by molar-refractivity contribution is 5.35. The van der Waals surface area contributed by atoms with Crippen molar-refractivity contribution in [2.75, 3.05) is 11.9 Å². The lowest BCUT2D eigenvalue weighted by atomic mass is 9.85. The van der Waals surface area contributed by atoms with Gasteiger partial charge in [-0.2, -0.15) is 5.10 Å². The molecule has 2 aromatic rings. The van der Waals surface area contributed by atoms with E-state index in [0.29, 0.717) is 0 Å². The maximum atomic E-state index is 4.11. The minimum Gasteiger partial charge on any atom is -0.368 e. The van der Waals surface area contributed by atoms with Crippen LogP contribution in [0, 0.1) is 6.92 Å². The Morgan fingerprint density at radius 3 is 2.33 bits per heavy atom. The van der Waals surface area contributed by atoms with Crippen LogP contribution < -0.4 is 5.32 Å². The molecule has 1 heterocycles. The number of anilines is 1. The topological polar surface area (TPSA) is 37.8 Å². The van der Waals surface area contributed by atoms with Crippen molar-refractivity contribution < 1.29 is 0 Å². The first-order valence-corrected chi connectivity index (χ1v) is 6.18. The van der Waals surface area contributed by atoms with E-state index in [0.717, 1.165) is 18.1 Å². The first-order chi connectivity index (χ1) is 8.58. The minimum atomic E-state index is 0.0633. The van der Waals surface area contributed by atoms with Gasteiger partial charge < -0.3 is 5.32 Å². The first kappa shape index (κ1) is 12.6. The van der Waals surface area contributed by atoms with Gasteiger partial charge in [0.25, 0.3) is 0 Å². The Bertz CT molecular complexity index is 489. The normalized spacial score (nSPS) is 11.3. The molecule has 0 radical (unpaired) electrons. The molecule has 1 aromatic heterocycles. The minimum absolute atomic E-state index is 0.0633. The highest BCUT2D eigenvalue weighted by Gasteiger charge is 2.19. The van der Waals surface area contributed by atoms with Crippen LogP contribution in [0.2, 0.25) is 0 Å². The summed E-state index contributed by atoms with van der Waals surface area (Å²) < 4.78 is 0. The molecule has 0 saturated heterocycles. The van der Waals surface area contributed by atoms with Crippen LogP contribution in [0.1, 0.15) is 25.1 Å². The highest BCUT2D eigenvalue weighted by atomic mass is 15.2. The van der Waals surface area contributed by atoms with Crippen molar-refractivity contribution in [2.45, 2.75) is 26.2 Å². The van der Waals surface area contributed by atoms with Crippen molar-refractivity contribution in [1.82, 2.24) is 10.2 Å². The van der Waals surface area contributed by atoms with Crippen LogP contribution in [0.4, 0.5) is 5.82 Å². The molecule has 3 nitrogen and oxygen atoms in total. The smallest absolute Gasteiger partial charge is 0.148 e. The summed E-state index contributed by atoms with van der Waals surface area (Å²) >= 11 is 0. The van der Waals surface area contributed by atoms with Crippen LogP contribution in [0.25, 0.3) is 0 Å². The quantitative estimate of drug-likeness (QED) is 0.893. The Morgan fingerprint density at radius 1 is 1.00 bits per heavy atom. The maximum absolute atomic E-state index is 4.11. The lowest BCUT2D eigenvalue weighted by Crippen LogP contribution is -2.27. The zero-order valence-corrected chi connectivity index (χ0v) is 11.1. The summed E-state index contributed by atoms with van der Waals surface area (Å²) in [5, 5.41) is 11.5. The fourth-order valence-corrected chi connectivity index (χ4v) is 1.80. The first-order valence-electron chi connectivity index (χ1n) is 6.18. The third-order valence-electron chi connectivity index (χ3n) is 3.06. The van der Waals surface area contributed by atoms with Crippen molar-refractivity contribution in [1.29, 1.82) is 0 Å². The van der Waals surface area contributed by atoms with Crippen molar-refractivity contribution in [2.24, 2.45) is 0 Å². The van der Waals surface area contributed by atoms with Gasteiger partial charge in [0.2, 0.25) is 0 Å². The molecule has 0 aliphatic rings. The third kappa shape index (κ3) is 3.06. The summed E-state index contributed by atoms with van der Waals surface area (Å²) in [5.74, 6) is 0.824. The second-order valence-corrected chi connectivity index (χ2v) is 5.16. The predicted octanol–water partition coefficient (Wildman–Crippen LogP) is 3.17. The van der Waals surface area contributed by atoms with Crippen LogP contribution >= 0.6 is 0 Å². The molecule has 0 amide bonds. The Labute approximate surface area is 108 Å². The van der Waals surface area contributed by atoms with Crippen LogP contribution in [0.3, 0.4) is 0 Å². The van der Waals surface area contributed by atoms with Gasteiger partial charge >= 0.3 is 0 Å². The number of aromatic nitrogens is 2. The Morgan fingerprint density at radius 2 is 1.72 bits per heavy atom. The standard InChI is InChI=1S/C15H19N3/c1-12-9-10-14(18-17-12)16-11-15(2,3)13-7-5-4-6-8-13/h4-10H,11H2,1-3H3,(H,16,18). The van der Waals surface area contributed by atoms with E-state index in [1.807, 2.05) is 25.1 Å². The number of benzene rings is 1. The zero-order chi connectivity index (χ0) is 13.0. The summed E-state index contributed by atoms with van der Waals surface area (Å²) in [7, 11) is 0. The fraction of sp³-hybridized carbons (Fsp3) is 0.333. The van der Waals surface area contributed by atoms with E-state index in [1.165, 1.54) is 5.56 Å². The Kier molecular flexibility index (Phi) is 3.60. The van der Waals surface area contributed by atoms with E-state index in [1.54, 1.807) is 0 Å². The largest absolute Gasteiger partial charge is 0.368 e. The molecular weight excluding hydrogens is 222 g/mol. The fourth-order valence-electron chi connectivity index (χ4n) is 1.80. The molecule has 2 rings (SSSR count). The van der Waals surface area contributed by atoms with Crippen molar-refractivity contribution in [3.8, 4) is 0 Å². The average Bonchev–Trinajstić information content (AvgIpc) is 2.39. The summed E-state index contributed by atoms with van der Waals surface area (Å²) in [4.78, 5) is 0. The summed E-state index contributed by atoms with van der Waals surface area (Å²) in [6.45, 7) is 7.20. The molecular formula is C15H19N3. The van der Waals surface area contributed by atoms with Crippen molar-refractivity contribution in [3.05, 3.63) is 53.7 Å². The van der Waals surface area contributed by atoms with Gasteiger partial charge in [-0.05, 0) is 24.6 Å². The van der Waals surface area contributed by atoms with Crippen LogP contribution in [-0.2, 0) is 5.41 Å². The molecule has 0 aliphatic carbocycles. The predicted molar refractivity (Wildman–Crippen MR) is 74.7 cm³/mol. The molecule has 1 aromatic carbocycles. The van der Waals surface area contributed by atoms with Crippen LogP contribution in [-0.4, -0.2) is 16.7 Å². The molecule has 0 saturated carbocycles. The second kappa shape index (κ2) is 5.17. The molecule has 0 atom stereocenters. The Balaban J connectivity index is 2.03. The lowest BCUT2D eigenvalue weighted by molar-refractivity contribution is 0.555. The molecule has 0 fully saturated rings. The zero-order valence-electron chi connectivity index (χ0n) is 11.1. The molecule has 0 bridgehead atoms. The van der Waals surface area contributed by atoms with Gasteiger partial charge in [-0.1, -0.05) is 44.2 Å². The van der Waals surface area contributed by atoms with E-state index < -0.39 is 0 Å². The highest BCUT2D eigenvalue weighted by Crippen LogP contribution is 2.22. The Hall–Kier alpha value is -1.90. The molecule has 18 heavy (non-hydrogen) atoms. The number of aryl methyl sites for hydroxylation is 1. The molecule has 0 unspecified atom stereocenters. The molecule has 1 N–H and O–H groups in total. The molecule has 0 spiro atoms. The van der Waals surface area contributed by atoms with E-state index in [-0.39, 0.29) is 5.41 Å². The average molecular weight is 241 g/mol. The van der Waals surface area contributed by atoms with Gasteiger partial charge in [-0.3, -0.25) is 0 Å². The number of hydrogen-bond acceptors (Lipinski definition) is 3. The summed E-state index contributed by atoms with van der Waals surface area (Å²) in [6, 6.07) is 14.4. The van der Waals surface area contributed by atoms with Crippen molar-refractivity contribution in [3.63, 3.8) is 0 Å². The summed E-state index contributed by atoms with van der Waals surface area (Å²) in [5.41, 5.74) is 2.31. The van der Waals surface area contributed by atoms with E-state index in [4.69, 9.17) is 0 Å². The van der Waals surface area contributed by atoms with E-state index >= 15 is 0 Å². The maximum Gasteiger partial charge on any atom is 0.148 e. The van der Waals surface area contributed by atoms with Gasteiger partial charge in [0.1, 0.15) is 5.82 Å². The number of nitrogens with one attached hydrogen (secondary N) is 1. The van der Waals surface area contributed by atoms with Crippen molar-refractivity contribution >= 4 is 5.82 Å². The lowest BCUT2D eigenvalue weighted by Gasteiger charge is -2.25. The van der Waals surface area contributed by atoms with E-state index in [9.17, 15) is 0 Å². The third-order valence-corrected chi connectivity index (χ3v) is 3.06. The van der Waals surface area contributed by atoms with Crippen LogP contribution in [0.15, 0.2) is 42.5 Å². The van der Waals surface area contributed by atoms with E-state index in [2.05, 4.69) is 53.6 Å². The monoisotopic (exact) mass is 241 g/mol. The number of hydrogen-bond donors (Lipinski definition) is 1. The van der Waals surface area contributed by atoms with Crippen LogP contribution in [0.5, 0.6) is 0 Å². The summed E-state index contributed by atoms with van der Waals surface area (Å²) in [6.07, 6.45) is 0. The van der Waals surface area contributed by atoms with Gasteiger partial charge in [0, 0.05) is 12.0 Å². The number of rotatable bonds is 4. The van der Waals surface area contributed by atoms with Gasteiger partial charge in [0.05, 0.1) is 5.69 Å². The van der Waals surface area contributed by atoms with Gasteiger partial charge in [-0.15, -0.1) is 5.10 Å². The van der Waals surface area contributed by atoms with Gasteiger partial charge in [0.15, 0.2) is 0 Å². The molecule has 0 aliphatic heterocycles. The number of nitrogens with zero attached hydrogens (tertiary/aromatic N) is 2. The molecule has 3 heteroatoms.